The van der Waals surface area contributed by atoms with E-state index in [9.17, 15) is 14.4 Å². The summed E-state index contributed by atoms with van der Waals surface area (Å²) < 4.78 is 0. The molecule has 0 aromatic rings. The first-order valence-electron chi connectivity index (χ1n) is 9.57. The molecule has 0 unspecified atom stereocenters. The molecule has 0 saturated carbocycles. The zero-order chi connectivity index (χ0) is 20.4. The number of carbonyl (C=O) groups is 3. The molecule has 2 atom stereocenters. The van der Waals surface area contributed by atoms with Gasteiger partial charge < -0.3 is 26.4 Å². The fourth-order valence-corrected chi connectivity index (χ4v) is 3.31. The number of carbonyl (C=O) groups excluding carboxylic acids is 2. The Balaban J connectivity index is 2.38. The Hall–Kier alpha value is -2.32. The zero-order valence-corrected chi connectivity index (χ0v) is 16.3. The van der Waals surface area contributed by atoms with Crippen molar-refractivity contribution < 1.29 is 19.5 Å². The Morgan fingerprint density at radius 1 is 1.30 bits per heavy atom. The van der Waals surface area contributed by atoms with Gasteiger partial charge in [0.15, 0.2) is 5.96 Å². The first-order valence-corrected chi connectivity index (χ1v) is 9.57. The van der Waals surface area contributed by atoms with Crippen LogP contribution in [0.4, 0.5) is 0 Å². The minimum atomic E-state index is -0.971. The zero-order valence-electron chi connectivity index (χ0n) is 16.3. The van der Waals surface area contributed by atoms with Gasteiger partial charge in [0.1, 0.15) is 0 Å². The van der Waals surface area contributed by atoms with E-state index in [1.165, 1.54) is 0 Å². The molecule has 1 aliphatic heterocycles. The maximum Gasteiger partial charge on any atom is 0.304 e. The van der Waals surface area contributed by atoms with Gasteiger partial charge in [-0.1, -0.05) is 20.3 Å². The number of nitrogens with one attached hydrogen (secondary N) is 3. The highest BCUT2D eigenvalue weighted by molar-refractivity contribution is 5.85. The molecule has 27 heavy (non-hydrogen) atoms. The van der Waals surface area contributed by atoms with E-state index in [0.717, 1.165) is 19.3 Å². The van der Waals surface area contributed by atoms with Gasteiger partial charge in [0.2, 0.25) is 11.8 Å². The largest absolute Gasteiger partial charge is 0.481 e. The van der Waals surface area contributed by atoms with Crippen LogP contribution in [0.15, 0.2) is 0 Å². The van der Waals surface area contributed by atoms with Crippen LogP contribution < -0.4 is 16.4 Å². The molecule has 1 rings (SSSR count). The molecule has 1 heterocycles. The monoisotopic (exact) mass is 383 g/mol. The number of unbranched alkanes of at least 4 members (excludes halogenated alkanes) is 2. The summed E-state index contributed by atoms with van der Waals surface area (Å²) in [6.45, 7) is 5.57. The molecule has 0 aromatic heterocycles. The smallest absolute Gasteiger partial charge is 0.304 e. The molecule has 1 fully saturated rings. The number of nitrogens with zero attached hydrogens (tertiary/aromatic N) is 1. The van der Waals surface area contributed by atoms with Crippen molar-refractivity contribution in [3.8, 4) is 0 Å². The Kier molecular flexibility index (Phi) is 9.60. The second-order valence-electron chi connectivity index (χ2n) is 7.52. The number of nitrogens with two attached hydrogens (primary N) is 1. The van der Waals surface area contributed by atoms with E-state index < -0.39 is 11.9 Å². The van der Waals surface area contributed by atoms with Gasteiger partial charge in [-0.3, -0.25) is 19.8 Å². The van der Waals surface area contributed by atoms with Crippen LogP contribution in [-0.4, -0.2) is 59.4 Å². The van der Waals surface area contributed by atoms with Crippen LogP contribution in [0.2, 0.25) is 0 Å². The molecule has 6 N–H and O–H groups in total. The maximum atomic E-state index is 12.5. The number of carboxylic acids is 1. The second-order valence-corrected chi connectivity index (χ2v) is 7.52. The Labute approximate surface area is 160 Å². The van der Waals surface area contributed by atoms with Crippen molar-refractivity contribution in [3.05, 3.63) is 0 Å². The maximum absolute atomic E-state index is 12.5. The predicted molar refractivity (Wildman–Crippen MR) is 102 cm³/mol. The van der Waals surface area contributed by atoms with Crippen molar-refractivity contribution in [2.45, 2.75) is 58.4 Å². The van der Waals surface area contributed by atoms with Crippen LogP contribution in [0.3, 0.4) is 0 Å². The molecule has 0 bridgehead atoms. The molecule has 0 radical (unpaired) electrons. The third-order valence-electron chi connectivity index (χ3n) is 4.54. The van der Waals surface area contributed by atoms with Crippen LogP contribution in [0.5, 0.6) is 0 Å². The summed E-state index contributed by atoms with van der Waals surface area (Å²) in [4.78, 5) is 37.2. The first kappa shape index (κ1) is 22.7. The van der Waals surface area contributed by atoms with E-state index in [4.69, 9.17) is 16.2 Å². The normalized spacial score (nSPS) is 19.4. The molecule has 1 saturated heterocycles. The summed E-state index contributed by atoms with van der Waals surface area (Å²) in [6.07, 6.45) is 3.15. The molecule has 9 nitrogen and oxygen atoms in total. The number of likely N-dealkylation sites (tertiary alicyclic amines) is 1. The third-order valence-corrected chi connectivity index (χ3v) is 4.54. The van der Waals surface area contributed by atoms with E-state index in [1.807, 2.05) is 13.8 Å². The summed E-state index contributed by atoms with van der Waals surface area (Å²) in [5, 5.41) is 21.6. The van der Waals surface area contributed by atoms with Crippen LogP contribution in [0, 0.1) is 17.2 Å². The highest BCUT2D eigenvalue weighted by atomic mass is 16.4. The van der Waals surface area contributed by atoms with Gasteiger partial charge in [-0.05, 0) is 25.2 Å². The summed E-state index contributed by atoms with van der Waals surface area (Å²) in [6, 6.07) is -0.145. The highest BCUT2D eigenvalue weighted by Crippen LogP contribution is 2.28. The lowest BCUT2D eigenvalue weighted by Crippen LogP contribution is -2.43. The predicted octanol–water partition coefficient (Wildman–Crippen LogP) is 0.494. The molecule has 0 aliphatic carbocycles. The topological polar surface area (TPSA) is 149 Å². The molecule has 154 valence electrons. The van der Waals surface area contributed by atoms with E-state index in [1.54, 1.807) is 4.90 Å². The average Bonchev–Trinajstić information content (AvgIpc) is 2.83. The lowest BCUT2D eigenvalue weighted by atomic mass is 10.0. The van der Waals surface area contributed by atoms with Crippen molar-refractivity contribution in [2.75, 3.05) is 19.6 Å². The second kappa shape index (κ2) is 11.4. The van der Waals surface area contributed by atoms with Crippen molar-refractivity contribution in [1.29, 1.82) is 5.41 Å². The van der Waals surface area contributed by atoms with E-state index >= 15 is 0 Å². The standard InChI is InChI=1S/C18H33N5O4/c1-12(2)11-23-14(8-13(17(23)27)9-16(25)26)10-22-15(24)6-4-3-5-7-21-18(19)20/h12-14H,3-11H2,1-2H3,(H,22,24)(H,25,26)(H4,19,20,21)/t13-,14-/m0/s1. The number of guanidine groups is 1. The number of hydrogen-bond donors (Lipinski definition) is 5. The van der Waals surface area contributed by atoms with Crippen LogP contribution in [0.25, 0.3) is 0 Å². The van der Waals surface area contributed by atoms with Gasteiger partial charge in [0.25, 0.3) is 0 Å². The van der Waals surface area contributed by atoms with Gasteiger partial charge in [-0.25, -0.2) is 0 Å². The van der Waals surface area contributed by atoms with Crippen molar-refractivity contribution in [2.24, 2.45) is 17.6 Å². The summed E-state index contributed by atoms with van der Waals surface area (Å²) in [5.41, 5.74) is 5.19. The first-order chi connectivity index (χ1) is 12.7. The molecule has 9 heteroatoms. The van der Waals surface area contributed by atoms with E-state index in [0.29, 0.717) is 32.5 Å². The van der Waals surface area contributed by atoms with Crippen molar-refractivity contribution in [3.63, 3.8) is 0 Å². The molecular weight excluding hydrogens is 350 g/mol. The fraction of sp³-hybridized carbons (Fsp3) is 0.778. The van der Waals surface area contributed by atoms with Gasteiger partial charge in [-0.15, -0.1) is 0 Å². The molecule has 2 amide bonds. The van der Waals surface area contributed by atoms with Gasteiger partial charge in [0, 0.05) is 32.1 Å². The summed E-state index contributed by atoms with van der Waals surface area (Å²) in [7, 11) is 0. The van der Waals surface area contributed by atoms with Crippen molar-refractivity contribution in [1.82, 2.24) is 15.5 Å². The lowest BCUT2D eigenvalue weighted by Gasteiger charge is -2.26. The van der Waals surface area contributed by atoms with E-state index in [2.05, 4.69) is 10.6 Å². The average molecular weight is 383 g/mol. The van der Waals surface area contributed by atoms with Gasteiger partial charge in [-0.2, -0.15) is 0 Å². The number of amides is 2. The molecule has 0 spiro atoms. The summed E-state index contributed by atoms with van der Waals surface area (Å²) >= 11 is 0. The van der Waals surface area contributed by atoms with E-state index in [-0.39, 0.29) is 36.2 Å². The lowest BCUT2D eigenvalue weighted by molar-refractivity contribution is -0.142. The minimum Gasteiger partial charge on any atom is -0.481 e. The van der Waals surface area contributed by atoms with Gasteiger partial charge >= 0.3 is 5.97 Å². The van der Waals surface area contributed by atoms with Crippen molar-refractivity contribution >= 4 is 23.7 Å². The van der Waals surface area contributed by atoms with Crippen LogP contribution >= 0.6 is 0 Å². The minimum absolute atomic E-state index is 0.0500. The Bertz CT molecular complexity index is 538. The SMILES string of the molecule is CC(C)CN1C(=O)[C@H](CC(=O)O)C[C@H]1CNC(=O)CCCCCNC(=N)N. The number of carboxylic acid groups (broad SMARTS) is 1. The summed E-state index contributed by atoms with van der Waals surface area (Å²) in [5.74, 6) is -1.43. The number of aliphatic carboxylic acids is 1. The van der Waals surface area contributed by atoms with Crippen LogP contribution in [0.1, 0.15) is 52.4 Å². The van der Waals surface area contributed by atoms with Gasteiger partial charge in [0.05, 0.1) is 12.3 Å². The molecular formula is C18H33N5O4. The number of rotatable bonds is 12. The Morgan fingerprint density at radius 2 is 2.00 bits per heavy atom. The fourth-order valence-electron chi connectivity index (χ4n) is 3.31. The quantitative estimate of drug-likeness (QED) is 0.188. The van der Waals surface area contributed by atoms with Crippen LogP contribution in [-0.2, 0) is 14.4 Å². The Morgan fingerprint density at radius 3 is 2.59 bits per heavy atom. The third kappa shape index (κ3) is 8.74. The highest BCUT2D eigenvalue weighted by Gasteiger charge is 2.40. The molecule has 0 aromatic carbocycles. The number of hydrogen-bond acceptors (Lipinski definition) is 4. The molecule has 1 aliphatic rings.